The normalized spacial score (nSPS) is 21.1. The van der Waals surface area contributed by atoms with Crippen molar-refractivity contribution in [1.82, 2.24) is 14.4 Å². The van der Waals surface area contributed by atoms with Crippen LogP contribution >= 0.6 is 0 Å². The lowest BCUT2D eigenvalue weighted by Gasteiger charge is -2.50. The molecule has 0 bridgehead atoms. The molecule has 1 aromatic heterocycles. The largest absolute Gasteiger partial charge is 0.497 e. The van der Waals surface area contributed by atoms with Gasteiger partial charge in [0.15, 0.2) is 0 Å². The molecule has 1 atom stereocenters. The summed E-state index contributed by atoms with van der Waals surface area (Å²) in [5, 5.41) is 14.4. The lowest BCUT2D eigenvalue weighted by atomic mass is 9.68. The number of amides is 2. The molecule has 0 unspecified atom stereocenters. The Balaban J connectivity index is 1.33. The molecule has 2 aliphatic heterocycles. The number of aromatic nitrogens is 1. The SMILES string of the molecule is COc1ccc2c3c(n(C)c2c1)[C@H](CO)N(CC1CC1)CC31CCN(C(=O)Nc2ccc(F)cc2F)CC1. The minimum Gasteiger partial charge on any atom is -0.497 e. The van der Waals surface area contributed by atoms with Gasteiger partial charge in [0.25, 0.3) is 0 Å². The number of benzene rings is 2. The van der Waals surface area contributed by atoms with Crippen LogP contribution in [0, 0.1) is 17.6 Å². The number of urea groups is 1. The average Bonchev–Trinajstić information content (AvgIpc) is 3.68. The number of carbonyl (C=O) groups is 1. The summed E-state index contributed by atoms with van der Waals surface area (Å²) in [4.78, 5) is 17.2. The fourth-order valence-electron chi connectivity index (χ4n) is 6.62. The molecule has 3 heterocycles. The maximum atomic E-state index is 14.1. The molecule has 2 amide bonds. The maximum Gasteiger partial charge on any atom is 0.321 e. The van der Waals surface area contributed by atoms with E-state index in [1.54, 1.807) is 12.0 Å². The number of halogens is 2. The molecule has 202 valence electrons. The zero-order valence-corrected chi connectivity index (χ0v) is 21.8. The van der Waals surface area contributed by atoms with Gasteiger partial charge in [0.05, 0.1) is 31.0 Å². The molecule has 1 saturated heterocycles. The van der Waals surface area contributed by atoms with Crippen LogP contribution in [0.1, 0.15) is 43.0 Å². The number of anilines is 1. The smallest absolute Gasteiger partial charge is 0.321 e. The van der Waals surface area contributed by atoms with E-state index >= 15 is 0 Å². The lowest BCUT2D eigenvalue weighted by molar-refractivity contribution is 0.0498. The van der Waals surface area contributed by atoms with Crippen LogP contribution in [0.3, 0.4) is 0 Å². The fraction of sp³-hybridized carbons (Fsp3) is 0.483. The second-order valence-corrected chi connectivity index (χ2v) is 11.1. The van der Waals surface area contributed by atoms with Gasteiger partial charge in [-0.05, 0) is 61.4 Å². The first kappa shape index (κ1) is 25.1. The number of rotatable bonds is 5. The van der Waals surface area contributed by atoms with E-state index in [1.165, 1.54) is 29.9 Å². The molecule has 2 aromatic carbocycles. The van der Waals surface area contributed by atoms with Crippen molar-refractivity contribution in [3.63, 3.8) is 0 Å². The van der Waals surface area contributed by atoms with E-state index in [4.69, 9.17) is 4.74 Å². The van der Waals surface area contributed by atoms with Gasteiger partial charge in [-0.1, -0.05) is 0 Å². The van der Waals surface area contributed by atoms with Crippen LogP contribution in [0.4, 0.5) is 19.3 Å². The van der Waals surface area contributed by atoms with Gasteiger partial charge in [0.2, 0.25) is 0 Å². The van der Waals surface area contributed by atoms with E-state index < -0.39 is 11.6 Å². The fourth-order valence-corrected chi connectivity index (χ4v) is 6.62. The molecule has 38 heavy (non-hydrogen) atoms. The summed E-state index contributed by atoms with van der Waals surface area (Å²) in [7, 11) is 3.73. The summed E-state index contributed by atoms with van der Waals surface area (Å²) in [6.45, 7) is 2.87. The first-order valence-electron chi connectivity index (χ1n) is 13.4. The van der Waals surface area contributed by atoms with Crippen molar-refractivity contribution >= 4 is 22.6 Å². The molecule has 3 aromatic rings. The van der Waals surface area contributed by atoms with Crippen LogP contribution in [0.15, 0.2) is 36.4 Å². The van der Waals surface area contributed by atoms with Gasteiger partial charge in [-0.25, -0.2) is 13.6 Å². The second-order valence-electron chi connectivity index (χ2n) is 11.1. The van der Waals surface area contributed by atoms with E-state index in [9.17, 15) is 18.7 Å². The van der Waals surface area contributed by atoms with Crippen molar-refractivity contribution in [2.24, 2.45) is 13.0 Å². The summed E-state index contributed by atoms with van der Waals surface area (Å²) >= 11 is 0. The Morgan fingerprint density at radius 3 is 2.58 bits per heavy atom. The molecule has 1 spiro atoms. The lowest BCUT2D eigenvalue weighted by Crippen LogP contribution is -2.55. The molecule has 0 radical (unpaired) electrons. The van der Waals surface area contributed by atoms with Crippen molar-refractivity contribution < 1.29 is 23.4 Å². The predicted octanol–water partition coefficient (Wildman–Crippen LogP) is 4.79. The van der Waals surface area contributed by atoms with Crippen LogP contribution in [0.5, 0.6) is 5.75 Å². The van der Waals surface area contributed by atoms with Gasteiger partial charge in [-0.15, -0.1) is 0 Å². The van der Waals surface area contributed by atoms with Crippen molar-refractivity contribution in [2.75, 3.05) is 45.2 Å². The van der Waals surface area contributed by atoms with Gasteiger partial charge in [0.1, 0.15) is 17.4 Å². The molecule has 6 rings (SSSR count). The first-order valence-corrected chi connectivity index (χ1v) is 13.4. The number of hydrogen-bond donors (Lipinski definition) is 2. The van der Waals surface area contributed by atoms with E-state index in [0.29, 0.717) is 19.0 Å². The summed E-state index contributed by atoms with van der Waals surface area (Å²) in [5.41, 5.74) is 3.29. The number of likely N-dealkylation sites (tertiary alicyclic amines) is 1. The predicted molar refractivity (Wildman–Crippen MR) is 141 cm³/mol. The Labute approximate surface area is 221 Å². The average molecular weight is 525 g/mol. The monoisotopic (exact) mass is 524 g/mol. The number of aliphatic hydroxyl groups excluding tert-OH is 1. The number of piperidine rings is 1. The zero-order chi connectivity index (χ0) is 26.6. The molecule has 9 heteroatoms. The summed E-state index contributed by atoms with van der Waals surface area (Å²) in [6.07, 6.45) is 3.97. The highest BCUT2D eigenvalue weighted by Gasteiger charge is 2.49. The van der Waals surface area contributed by atoms with Gasteiger partial charge >= 0.3 is 6.03 Å². The molecule has 2 N–H and O–H groups in total. The maximum absolute atomic E-state index is 14.1. The number of methoxy groups -OCH3 is 1. The van der Waals surface area contributed by atoms with Crippen LogP contribution < -0.4 is 10.1 Å². The Hall–Kier alpha value is -3.17. The van der Waals surface area contributed by atoms with E-state index in [-0.39, 0.29) is 29.8 Å². The third-order valence-electron chi connectivity index (χ3n) is 8.79. The minimum absolute atomic E-state index is 0.0268. The number of carbonyl (C=O) groups excluding carboxylic acids is 1. The highest BCUT2D eigenvalue weighted by Crippen LogP contribution is 2.51. The Morgan fingerprint density at radius 2 is 1.92 bits per heavy atom. The topological polar surface area (TPSA) is 70.0 Å². The van der Waals surface area contributed by atoms with Crippen LogP contribution in [0.25, 0.3) is 10.9 Å². The summed E-state index contributed by atoms with van der Waals surface area (Å²) < 4.78 is 35.2. The number of ether oxygens (including phenoxy) is 1. The summed E-state index contributed by atoms with van der Waals surface area (Å²) in [5.74, 6) is -0.00726. The third kappa shape index (κ3) is 4.22. The van der Waals surface area contributed by atoms with Crippen LogP contribution in [0.2, 0.25) is 0 Å². The molecular weight excluding hydrogens is 490 g/mol. The number of aryl methyl sites for hydroxylation is 1. The molecular formula is C29H34F2N4O3. The zero-order valence-electron chi connectivity index (χ0n) is 21.8. The minimum atomic E-state index is -0.791. The highest BCUT2D eigenvalue weighted by molar-refractivity contribution is 5.90. The number of nitrogens with one attached hydrogen (secondary N) is 1. The quantitative estimate of drug-likeness (QED) is 0.504. The van der Waals surface area contributed by atoms with Crippen LogP contribution in [-0.2, 0) is 12.5 Å². The summed E-state index contributed by atoms with van der Waals surface area (Å²) in [6, 6.07) is 8.85. The Morgan fingerprint density at radius 1 is 1.16 bits per heavy atom. The van der Waals surface area contributed by atoms with Crippen molar-refractivity contribution in [3.8, 4) is 5.75 Å². The van der Waals surface area contributed by atoms with E-state index in [1.807, 2.05) is 6.07 Å². The first-order chi connectivity index (χ1) is 18.3. The molecule has 2 fully saturated rings. The molecule has 7 nitrogen and oxygen atoms in total. The second kappa shape index (κ2) is 9.54. The van der Waals surface area contributed by atoms with Gasteiger partial charge < -0.3 is 24.6 Å². The number of nitrogens with zero attached hydrogens (tertiary/aromatic N) is 3. The van der Waals surface area contributed by atoms with Crippen LogP contribution in [-0.4, -0.2) is 65.4 Å². The number of fused-ring (bicyclic) bond motifs is 4. The van der Waals surface area contributed by atoms with Crippen molar-refractivity contribution in [1.29, 1.82) is 0 Å². The van der Waals surface area contributed by atoms with Gasteiger partial charge in [-0.2, -0.15) is 0 Å². The van der Waals surface area contributed by atoms with Gasteiger partial charge in [0, 0.05) is 61.9 Å². The Bertz CT molecular complexity index is 1380. The number of aliphatic hydroxyl groups is 1. The Kier molecular flexibility index (Phi) is 6.31. The highest BCUT2D eigenvalue weighted by atomic mass is 19.1. The molecule has 1 saturated carbocycles. The third-order valence-corrected chi connectivity index (χ3v) is 8.79. The van der Waals surface area contributed by atoms with E-state index in [0.717, 1.165) is 55.0 Å². The standard InChI is InChI=1S/C29H34F2N4O3/c1-33-24-14-20(38-2)6-7-21(24)26-27(33)25(16-36)35(15-18-3-4-18)17-29(26)9-11-34(12-10-29)28(37)32-23-8-5-19(30)13-22(23)31/h5-8,13-14,18,25,36H,3-4,9-12,15-17H2,1-2H3,(H,32,37)/t25-/m0/s1. The molecule has 1 aliphatic carbocycles. The van der Waals surface area contributed by atoms with E-state index in [2.05, 4.69) is 34.0 Å². The van der Waals surface area contributed by atoms with Crippen molar-refractivity contribution in [3.05, 3.63) is 59.3 Å². The molecule has 3 aliphatic rings. The number of hydrogen-bond acceptors (Lipinski definition) is 4. The van der Waals surface area contributed by atoms with Crippen molar-refractivity contribution in [2.45, 2.75) is 37.1 Å². The van der Waals surface area contributed by atoms with Gasteiger partial charge in [-0.3, -0.25) is 4.90 Å².